The third-order valence-electron chi connectivity index (χ3n) is 5.42. The predicted octanol–water partition coefficient (Wildman–Crippen LogP) is 7.06. The van der Waals surface area contributed by atoms with E-state index in [1.165, 1.54) is 16.7 Å². The first-order chi connectivity index (χ1) is 13.1. The Morgan fingerprint density at radius 2 is 1.78 bits per heavy atom. The Kier molecular flexibility index (Phi) is 6.65. The number of unbranched alkanes of at least 4 members (excludes halogenated alkanes) is 1. The minimum absolute atomic E-state index is 0.0165. The lowest BCUT2D eigenvalue weighted by atomic mass is 9.82. The van der Waals surface area contributed by atoms with Crippen LogP contribution in [-0.4, -0.2) is 6.61 Å². The number of hydrogen-bond donors (Lipinski definition) is 0. The summed E-state index contributed by atoms with van der Waals surface area (Å²) >= 11 is 0. The van der Waals surface area contributed by atoms with Crippen LogP contribution in [0.15, 0.2) is 42.5 Å². The number of halogens is 2. The Morgan fingerprint density at radius 3 is 2.41 bits per heavy atom. The standard InChI is InChI=1S/C24H28F2O/c1-3-5-16-27-22-15-14-21(23(25)24(22)26)20-12-10-19(11-13-20)18-8-6-17(4-2)7-9-18/h6-10,14-15,20H,3-5,11-13,16H2,1-2H3. The van der Waals surface area contributed by atoms with Gasteiger partial charge >= 0.3 is 0 Å². The Hall–Kier alpha value is -2.16. The highest BCUT2D eigenvalue weighted by Crippen LogP contribution is 2.38. The molecule has 0 heterocycles. The molecule has 0 spiro atoms. The maximum atomic E-state index is 14.6. The number of ether oxygens (including phenoxy) is 1. The highest BCUT2D eigenvalue weighted by Gasteiger charge is 2.23. The lowest BCUT2D eigenvalue weighted by Crippen LogP contribution is -2.09. The van der Waals surface area contributed by atoms with Crippen LogP contribution >= 0.6 is 0 Å². The first-order valence-corrected chi connectivity index (χ1v) is 10.0. The van der Waals surface area contributed by atoms with E-state index in [9.17, 15) is 8.78 Å². The largest absolute Gasteiger partial charge is 0.490 e. The second-order valence-electron chi connectivity index (χ2n) is 7.23. The summed E-state index contributed by atoms with van der Waals surface area (Å²) in [6.07, 6.45) is 7.44. The number of rotatable bonds is 7. The van der Waals surface area contributed by atoms with Gasteiger partial charge in [-0.2, -0.15) is 4.39 Å². The number of allylic oxidation sites excluding steroid dienone is 2. The zero-order chi connectivity index (χ0) is 19.2. The Labute approximate surface area is 161 Å². The van der Waals surface area contributed by atoms with Crippen molar-refractivity contribution in [1.29, 1.82) is 0 Å². The molecule has 2 aromatic rings. The average molecular weight is 370 g/mol. The van der Waals surface area contributed by atoms with E-state index in [1.807, 2.05) is 6.92 Å². The van der Waals surface area contributed by atoms with Gasteiger partial charge in [-0.3, -0.25) is 0 Å². The summed E-state index contributed by atoms with van der Waals surface area (Å²) in [5, 5.41) is 0. The predicted molar refractivity (Wildman–Crippen MR) is 107 cm³/mol. The van der Waals surface area contributed by atoms with Gasteiger partial charge in [-0.25, -0.2) is 4.39 Å². The van der Waals surface area contributed by atoms with Crippen LogP contribution < -0.4 is 4.74 Å². The topological polar surface area (TPSA) is 9.23 Å². The SMILES string of the molecule is CCCCOc1ccc(C2CC=C(c3ccc(CC)cc3)CC2)c(F)c1F. The van der Waals surface area contributed by atoms with Crippen molar-refractivity contribution in [3.63, 3.8) is 0 Å². The van der Waals surface area contributed by atoms with Crippen molar-refractivity contribution >= 4 is 5.57 Å². The van der Waals surface area contributed by atoms with Gasteiger partial charge in [-0.05, 0) is 66.4 Å². The fourth-order valence-electron chi connectivity index (χ4n) is 3.63. The number of aryl methyl sites for hydroxylation is 1. The molecule has 27 heavy (non-hydrogen) atoms. The molecule has 3 heteroatoms. The molecule has 1 aliphatic carbocycles. The van der Waals surface area contributed by atoms with Crippen molar-refractivity contribution in [2.45, 2.75) is 58.3 Å². The van der Waals surface area contributed by atoms with Crippen molar-refractivity contribution in [2.24, 2.45) is 0 Å². The molecule has 0 saturated heterocycles. The summed E-state index contributed by atoms with van der Waals surface area (Å²) < 4.78 is 34.3. The maximum Gasteiger partial charge on any atom is 0.200 e. The van der Waals surface area contributed by atoms with Crippen LogP contribution in [0.25, 0.3) is 5.57 Å². The maximum absolute atomic E-state index is 14.6. The van der Waals surface area contributed by atoms with E-state index < -0.39 is 11.6 Å². The highest BCUT2D eigenvalue weighted by atomic mass is 19.2. The van der Waals surface area contributed by atoms with E-state index in [0.717, 1.165) is 38.5 Å². The molecule has 2 aromatic carbocycles. The summed E-state index contributed by atoms with van der Waals surface area (Å²) in [6, 6.07) is 11.9. The zero-order valence-electron chi connectivity index (χ0n) is 16.2. The van der Waals surface area contributed by atoms with Crippen LogP contribution in [-0.2, 0) is 6.42 Å². The summed E-state index contributed by atoms with van der Waals surface area (Å²) in [5.74, 6) is -1.57. The monoisotopic (exact) mass is 370 g/mol. The minimum Gasteiger partial charge on any atom is -0.490 e. The van der Waals surface area contributed by atoms with Crippen molar-refractivity contribution in [3.8, 4) is 5.75 Å². The smallest absolute Gasteiger partial charge is 0.200 e. The van der Waals surface area contributed by atoms with Crippen LogP contribution in [0.3, 0.4) is 0 Å². The molecular weight excluding hydrogens is 342 g/mol. The van der Waals surface area contributed by atoms with E-state index in [4.69, 9.17) is 4.74 Å². The van der Waals surface area contributed by atoms with E-state index >= 15 is 0 Å². The van der Waals surface area contributed by atoms with Gasteiger partial charge in [-0.1, -0.05) is 56.7 Å². The second kappa shape index (κ2) is 9.16. The lowest BCUT2D eigenvalue weighted by molar-refractivity contribution is 0.287. The van der Waals surface area contributed by atoms with Crippen molar-refractivity contribution < 1.29 is 13.5 Å². The van der Waals surface area contributed by atoms with E-state index in [0.29, 0.717) is 12.2 Å². The molecule has 0 aromatic heterocycles. The van der Waals surface area contributed by atoms with E-state index in [2.05, 4.69) is 37.3 Å². The van der Waals surface area contributed by atoms with Crippen LogP contribution in [0, 0.1) is 11.6 Å². The molecule has 0 amide bonds. The van der Waals surface area contributed by atoms with Crippen LogP contribution in [0.2, 0.25) is 0 Å². The Morgan fingerprint density at radius 1 is 1.00 bits per heavy atom. The van der Waals surface area contributed by atoms with E-state index in [1.54, 1.807) is 12.1 Å². The fourth-order valence-corrected chi connectivity index (χ4v) is 3.63. The fraction of sp³-hybridized carbons (Fsp3) is 0.417. The molecule has 1 nitrogen and oxygen atoms in total. The molecule has 0 saturated carbocycles. The van der Waals surface area contributed by atoms with Crippen LogP contribution in [0.1, 0.15) is 68.6 Å². The summed E-state index contributed by atoms with van der Waals surface area (Å²) in [5.41, 5.74) is 4.32. The third-order valence-corrected chi connectivity index (χ3v) is 5.42. The summed E-state index contributed by atoms with van der Waals surface area (Å²) in [4.78, 5) is 0. The van der Waals surface area contributed by atoms with E-state index in [-0.39, 0.29) is 11.7 Å². The van der Waals surface area contributed by atoms with Crippen LogP contribution in [0.4, 0.5) is 8.78 Å². The van der Waals surface area contributed by atoms with Gasteiger partial charge in [0.2, 0.25) is 5.82 Å². The van der Waals surface area contributed by atoms with Crippen LogP contribution in [0.5, 0.6) is 5.75 Å². The quantitative estimate of drug-likeness (QED) is 0.474. The molecular formula is C24H28F2O. The Balaban J connectivity index is 1.71. The zero-order valence-corrected chi connectivity index (χ0v) is 16.2. The minimum atomic E-state index is -0.853. The second-order valence-corrected chi connectivity index (χ2v) is 7.23. The molecule has 0 bridgehead atoms. The molecule has 1 atom stereocenters. The highest BCUT2D eigenvalue weighted by molar-refractivity contribution is 5.66. The van der Waals surface area contributed by atoms with Gasteiger partial charge in [0.1, 0.15) is 0 Å². The molecule has 0 radical (unpaired) electrons. The first kappa shape index (κ1) is 19.6. The van der Waals surface area contributed by atoms with Gasteiger partial charge in [0, 0.05) is 0 Å². The molecule has 3 rings (SSSR count). The van der Waals surface area contributed by atoms with Crippen molar-refractivity contribution in [3.05, 3.63) is 70.8 Å². The van der Waals surface area contributed by atoms with Crippen molar-refractivity contribution in [1.82, 2.24) is 0 Å². The molecule has 1 aliphatic rings. The molecule has 0 aliphatic heterocycles. The first-order valence-electron chi connectivity index (χ1n) is 10.0. The third kappa shape index (κ3) is 4.58. The molecule has 0 N–H and O–H groups in total. The van der Waals surface area contributed by atoms with Gasteiger partial charge in [0.05, 0.1) is 6.61 Å². The number of benzene rings is 2. The van der Waals surface area contributed by atoms with Crippen molar-refractivity contribution in [2.75, 3.05) is 6.61 Å². The average Bonchev–Trinajstić information content (AvgIpc) is 2.72. The summed E-state index contributed by atoms with van der Waals surface area (Å²) in [7, 11) is 0. The summed E-state index contributed by atoms with van der Waals surface area (Å²) in [6.45, 7) is 4.60. The van der Waals surface area contributed by atoms with Gasteiger partial charge < -0.3 is 4.74 Å². The van der Waals surface area contributed by atoms with Gasteiger partial charge in [0.15, 0.2) is 11.6 Å². The molecule has 1 unspecified atom stereocenters. The Bertz CT molecular complexity index is 793. The number of hydrogen-bond acceptors (Lipinski definition) is 1. The van der Waals surface area contributed by atoms with Gasteiger partial charge in [0.25, 0.3) is 0 Å². The normalized spacial score (nSPS) is 16.9. The molecule has 0 fully saturated rings. The lowest BCUT2D eigenvalue weighted by Gasteiger charge is -2.23. The molecule has 144 valence electrons. The van der Waals surface area contributed by atoms with Gasteiger partial charge in [-0.15, -0.1) is 0 Å².